The molecule has 0 spiro atoms. The van der Waals surface area contributed by atoms with Gasteiger partial charge in [0.25, 0.3) is 5.91 Å². The number of piperidine rings is 1. The number of rotatable bonds is 7. The molecule has 0 radical (unpaired) electrons. The van der Waals surface area contributed by atoms with Crippen molar-refractivity contribution in [2.75, 3.05) is 18.4 Å². The van der Waals surface area contributed by atoms with Crippen LogP contribution in [0, 0.1) is 5.92 Å². The number of ether oxygens (including phenoxy) is 1. The summed E-state index contributed by atoms with van der Waals surface area (Å²) in [6, 6.07) is 9.97. The van der Waals surface area contributed by atoms with Gasteiger partial charge in [0.05, 0.1) is 17.0 Å². The standard InChI is InChI=1S/C21H28N4O5S/c1-15(2)25-19(9-12-22-25)23-20(26)16(3)30-21(27)17-10-13-24(14-11-17)31(28,29)18-7-5-4-6-8-18/h4-9,12,15-17H,10-11,13-14H2,1-3H3,(H,23,26)/t16-/m0/s1. The van der Waals surface area contributed by atoms with Gasteiger partial charge in [0, 0.05) is 25.2 Å². The van der Waals surface area contributed by atoms with Gasteiger partial charge in [0.15, 0.2) is 6.10 Å². The lowest BCUT2D eigenvalue weighted by Gasteiger charge is -2.30. The molecule has 1 fully saturated rings. The van der Waals surface area contributed by atoms with Crippen molar-refractivity contribution < 1.29 is 22.7 Å². The molecule has 9 nitrogen and oxygen atoms in total. The molecule has 1 amide bonds. The summed E-state index contributed by atoms with van der Waals surface area (Å²) < 4.78 is 33.8. The number of esters is 1. The second-order valence-corrected chi connectivity index (χ2v) is 9.75. The number of amides is 1. The minimum absolute atomic E-state index is 0.0699. The predicted molar refractivity (Wildman–Crippen MR) is 115 cm³/mol. The molecule has 1 aliphatic rings. The maximum atomic E-state index is 12.7. The summed E-state index contributed by atoms with van der Waals surface area (Å²) in [7, 11) is -3.58. The molecule has 31 heavy (non-hydrogen) atoms. The minimum atomic E-state index is -3.58. The molecule has 1 aromatic heterocycles. The van der Waals surface area contributed by atoms with Gasteiger partial charge >= 0.3 is 5.97 Å². The Bertz CT molecular complexity index is 1010. The highest BCUT2D eigenvalue weighted by molar-refractivity contribution is 7.89. The first-order valence-electron chi connectivity index (χ1n) is 10.3. The Morgan fingerprint density at radius 3 is 2.35 bits per heavy atom. The highest BCUT2D eigenvalue weighted by atomic mass is 32.2. The van der Waals surface area contributed by atoms with E-state index in [1.807, 2.05) is 13.8 Å². The summed E-state index contributed by atoms with van der Waals surface area (Å²) in [6.07, 6.45) is 1.30. The molecule has 0 saturated carbocycles. The molecule has 1 N–H and O–H groups in total. The van der Waals surface area contributed by atoms with Crippen LogP contribution < -0.4 is 5.32 Å². The zero-order valence-corrected chi connectivity index (χ0v) is 18.7. The molecule has 0 bridgehead atoms. The van der Waals surface area contributed by atoms with Crippen LogP contribution in [0.1, 0.15) is 39.7 Å². The lowest BCUT2D eigenvalue weighted by molar-refractivity contribution is -0.158. The van der Waals surface area contributed by atoms with E-state index in [2.05, 4.69) is 10.4 Å². The number of anilines is 1. The lowest BCUT2D eigenvalue weighted by Crippen LogP contribution is -2.41. The van der Waals surface area contributed by atoms with Gasteiger partial charge in [-0.15, -0.1) is 0 Å². The fraction of sp³-hybridized carbons (Fsp3) is 0.476. The fourth-order valence-corrected chi connectivity index (χ4v) is 4.94. The number of hydrogen-bond donors (Lipinski definition) is 1. The Morgan fingerprint density at radius 2 is 1.74 bits per heavy atom. The third-order valence-corrected chi connectivity index (χ3v) is 7.15. The van der Waals surface area contributed by atoms with E-state index < -0.39 is 33.9 Å². The topological polar surface area (TPSA) is 111 Å². The summed E-state index contributed by atoms with van der Waals surface area (Å²) in [5.74, 6) is -0.849. The zero-order valence-electron chi connectivity index (χ0n) is 17.9. The van der Waals surface area contributed by atoms with Crippen molar-refractivity contribution in [1.82, 2.24) is 14.1 Å². The number of benzene rings is 1. The van der Waals surface area contributed by atoms with Gasteiger partial charge < -0.3 is 10.1 Å². The van der Waals surface area contributed by atoms with Crippen LogP contribution in [0.4, 0.5) is 5.82 Å². The van der Waals surface area contributed by atoms with E-state index in [4.69, 9.17) is 4.74 Å². The molecule has 0 aliphatic carbocycles. The number of nitrogens with zero attached hydrogens (tertiary/aromatic N) is 3. The van der Waals surface area contributed by atoms with Crippen LogP contribution in [0.3, 0.4) is 0 Å². The molecule has 2 heterocycles. The number of carbonyl (C=O) groups is 2. The number of sulfonamides is 1. The van der Waals surface area contributed by atoms with E-state index in [-0.39, 0.29) is 24.0 Å². The van der Waals surface area contributed by atoms with Crippen LogP contribution in [0.15, 0.2) is 47.5 Å². The van der Waals surface area contributed by atoms with Crippen LogP contribution in [-0.4, -0.2) is 53.6 Å². The van der Waals surface area contributed by atoms with Crippen LogP contribution in [-0.2, 0) is 24.3 Å². The molecule has 1 saturated heterocycles. The van der Waals surface area contributed by atoms with Crippen LogP contribution in [0.2, 0.25) is 0 Å². The Hall–Kier alpha value is -2.72. The average molecular weight is 449 g/mol. The second-order valence-electron chi connectivity index (χ2n) is 7.81. The van der Waals surface area contributed by atoms with Gasteiger partial charge in [-0.25, -0.2) is 13.1 Å². The van der Waals surface area contributed by atoms with Crippen molar-refractivity contribution in [3.8, 4) is 0 Å². The first kappa shape index (κ1) is 23.0. The molecule has 2 aromatic rings. The Morgan fingerprint density at radius 1 is 1.10 bits per heavy atom. The Balaban J connectivity index is 1.52. The monoisotopic (exact) mass is 448 g/mol. The molecule has 1 aliphatic heterocycles. The SMILES string of the molecule is CC(C)n1nccc1NC(=O)[C@H](C)OC(=O)C1CCN(S(=O)(=O)c2ccccc2)CC1. The second kappa shape index (κ2) is 9.61. The van der Waals surface area contributed by atoms with Crippen molar-refractivity contribution in [3.63, 3.8) is 0 Å². The number of hydrogen-bond acceptors (Lipinski definition) is 6. The van der Waals surface area contributed by atoms with E-state index in [0.29, 0.717) is 18.7 Å². The maximum absolute atomic E-state index is 12.7. The van der Waals surface area contributed by atoms with Gasteiger partial charge in [-0.2, -0.15) is 9.40 Å². The highest BCUT2D eigenvalue weighted by Crippen LogP contribution is 2.25. The smallest absolute Gasteiger partial charge is 0.309 e. The van der Waals surface area contributed by atoms with E-state index in [0.717, 1.165) is 0 Å². The first-order chi connectivity index (χ1) is 14.7. The molecule has 3 rings (SSSR count). The quantitative estimate of drug-likeness (QED) is 0.652. The number of nitrogens with one attached hydrogen (secondary N) is 1. The van der Waals surface area contributed by atoms with E-state index in [1.165, 1.54) is 11.2 Å². The third kappa shape index (κ3) is 5.31. The zero-order chi connectivity index (χ0) is 22.6. The summed E-state index contributed by atoms with van der Waals surface area (Å²) >= 11 is 0. The average Bonchev–Trinajstić information content (AvgIpc) is 3.22. The van der Waals surface area contributed by atoms with Crippen molar-refractivity contribution in [2.24, 2.45) is 5.92 Å². The number of carbonyl (C=O) groups excluding carboxylic acids is 2. The third-order valence-electron chi connectivity index (χ3n) is 5.24. The minimum Gasteiger partial charge on any atom is -0.452 e. The summed E-state index contributed by atoms with van der Waals surface area (Å²) in [6.45, 7) is 5.85. The van der Waals surface area contributed by atoms with Crippen molar-refractivity contribution in [2.45, 2.75) is 50.7 Å². The molecular weight excluding hydrogens is 420 g/mol. The highest BCUT2D eigenvalue weighted by Gasteiger charge is 2.34. The summed E-state index contributed by atoms with van der Waals surface area (Å²) in [5.41, 5.74) is 0. The molecule has 10 heteroatoms. The summed E-state index contributed by atoms with van der Waals surface area (Å²) in [4.78, 5) is 25.2. The van der Waals surface area contributed by atoms with E-state index in [1.54, 1.807) is 47.3 Å². The van der Waals surface area contributed by atoms with E-state index >= 15 is 0 Å². The fourth-order valence-electron chi connectivity index (χ4n) is 3.45. The van der Waals surface area contributed by atoms with Gasteiger partial charge in [-0.3, -0.25) is 9.59 Å². The normalized spacial score (nSPS) is 16.8. The van der Waals surface area contributed by atoms with Crippen LogP contribution >= 0.6 is 0 Å². The Labute approximate surface area is 182 Å². The van der Waals surface area contributed by atoms with Crippen molar-refractivity contribution >= 4 is 27.7 Å². The Kier molecular flexibility index (Phi) is 7.11. The van der Waals surface area contributed by atoms with Gasteiger partial charge in [0.2, 0.25) is 10.0 Å². The summed E-state index contributed by atoms with van der Waals surface area (Å²) in [5, 5.41) is 6.87. The molecular formula is C21H28N4O5S. The van der Waals surface area contributed by atoms with Crippen LogP contribution in [0.25, 0.3) is 0 Å². The molecule has 168 valence electrons. The van der Waals surface area contributed by atoms with E-state index in [9.17, 15) is 18.0 Å². The molecule has 0 unspecified atom stereocenters. The van der Waals surface area contributed by atoms with Gasteiger partial charge in [-0.05, 0) is 45.7 Å². The van der Waals surface area contributed by atoms with Gasteiger partial charge in [0.1, 0.15) is 5.82 Å². The molecule has 1 atom stereocenters. The van der Waals surface area contributed by atoms with Crippen LogP contribution in [0.5, 0.6) is 0 Å². The van der Waals surface area contributed by atoms with Crippen molar-refractivity contribution in [1.29, 1.82) is 0 Å². The van der Waals surface area contributed by atoms with Gasteiger partial charge in [-0.1, -0.05) is 18.2 Å². The molecule has 1 aromatic carbocycles. The number of aromatic nitrogens is 2. The first-order valence-corrected chi connectivity index (χ1v) is 11.7. The lowest BCUT2D eigenvalue weighted by atomic mass is 9.98. The van der Waals surface area contributed by atoms with Crippen molar-refractivity contribution in [3.05, 3.63) is 42.6 Å². The maximum Gasteiger partial charge on any atom is 0.309 e. The largest absolute Gasteiger partial charge is 0.452 e. The predicted octanol–water partition coefficient (Wildman–Crippen LogP) is 2.44.